The summed E-state index contributed by atoms with van der Waals surface area (Å²) in [6.07, 6.45) is 14.3. The van der Waals surface area contributed by atoms with Crippen LogP contribution in [0.2, 0.25) is 74.0 Å². The van der Waals surface area contributed by atoms with Crippen molar-refractivity contribution in [2.24, 2.45) is 11.8 Å². The molecular weight excluding hydrogens is 685 g/mol. The van der Waals surface area contributed by atoms with E-state index in [9.17, 15) is 4.79 Å². The third kappa shape index (κ3) is 17.2. The average molecular weight is 769 g/mol. The van der Waals surface area contributed by atoms with Gasteiger partial charge < -0.3 is 17.7 Å². The Morgan fingerprint density at radius 1 is 0.600 bits per heavy atom. The van der Waals surface area contributed by atoms with E-state index in [1.54, 1.807) is 0 Å². The average Bonchev–Trinajstić information content (AvgIpc) is 2.89. The van der Waals surface area contributed by atoms with Crippen LogP contribution in [0.5, 0.6) is 0 Å². The van der Waals surface area contributed by atoms with Gasteiger partial charge in [0.25, 0.3) is 0 Å². The summed E-state index contributed by atoms with van der Waals surface area (Å²) in [6.45, 7) is 50.1. The van der Waals surface area contributed by atoms with E-state index in [1.165, 1.54) is 0 Å². The zero-order chi connectivity index (χ0) is 39.7. The second kappa shape index (κ2) is 19.3. The lowest BCUT2D eigenvalue weighted by Gasteiger charge is -2.45. The lowest BCUT2D eigenvalue weighted by Crippen LogP contribution is -2.51. The standard InChI is InChI=1S/C41H84O5Si4/c1-23-35(42)31-36(44-49(19,20)40(8,9)10)29-27-25-24-26-28-32(2)38(46-47(14,15)16)34(4)37(45-50(21,22)41(11,12)13)30-33(3)43-48(17,18)39(5,6)7/h24-29,32-34,36-38H,23,30-31H2,1-22H3/b25-24+,28-26-,29-27+/t32-,33+,34-,36-,37-,38-/m0/s1. The molecule has 9 heteroatoms. The van der Waals surface area contributed by atoms with Crippen molar-refractivity contribution in [3.8, 4) is 0 Å². The van der Waals surface area contributed by atoms with Crippen LogP contribution in [0.1, 0.15) is 109 Å². The summed E-state index contributed by atoms with van der Waals surface area (Å²) in [5.74, 6) is 0.592. The van der Waals surface area contributed by atoms with Gasteiger partial charge in [-0.15, -0.1) is 0 Å². The molecule has 0 aliphatic carbocycles. The lowest BCUT2D eigenvalue weighted by atomic mass is 9.87. The molecule has 0 amide bonds. The molecule has 0 aliphatic rings. The number of allylic oxidation sites excluding steroid dienone is 4. The van der Waals surface area contributed by atoms with E-state index in [2.05, 4.69) is 166 Å². The molecule has 0 radical (unpaired) electrons. The molecule has 0 aromatic carbocycles. The Balaban J connectivity index is 6.34. The van der Waals surface area contributed by atoms with Crippen molar-refractivity contribution in [1.29, 1.82) is 0 Å². The number of Topliss-reactive ketones (excluding diaryl/α,β-unsaturated/α-hetero) is 1. The SMILES string of the molecule is CCC(=O)C[C@H](/C=C/C=C/C=C\[C@H](C)[C@H](O[Si](C)(C)C)[C@@H](C)[C@H](C[C@@H](C)O[Si](C)(C)C(C)(C)C)O[Si](C)(C)C(C)(C)C)O[Si](C)(C)C(C)(C)C. The number of carbonyl (C=O) groups is 1. The highest BCUT2D eigenvalue weighted by Gasteiger charge is 2.44. The number of hydrogen-bond donors (Lipinski definition) is 0. The molecule has 294 valence electrons. The fourth-order valence-corrected chi connectivity index (χ4v) is 10.4. The summed E-state index contributed by atoms with van der Waals surface area (Å²) < 4.78 is 27.8. The van der Waals surface area contributed by atoms with Gasteiger partial charge >= 0.3 is 0 Å². The number of rotatable bonds is 20. The second-order valence-corrected chi connectivity index (χ2v) is 39.2. The zero-order valence-corrected chi connectivity index (χ0v) is 41.1. The fourth-order valence-electron chi connectivity index (χ4n) is 5.03. The summed E-state index contributed by atoms with van der Waals surface area (Å²) in [7, 11) is -7.91. The summed E-state index contributed by atoms with van der Waals surface area (Å²) in [5, 5.41) is 0.338. The molecule has 0 bridgehead atoms. The molecule has 6 atom stereocenters. The molecule has 0 aromatic rings. The predicted molar refractivity (Wildman–Crippen MR) is 230 cm³/mol. The number of ketones is 1. The van der Waals surface area contributed by atoms with Crippen LogP contribution in [0.15, 0.2) is 36.5 Å². The third-order valence-corrected chi connectivity index (χ3v) is 26.0. The van der Waals surface area contributed by atoms with Gasteiger partial charge in [0, 0.05) is 24.9 Å². The summed E-state index contributed by atoms with van der Waals surface area (Å²) >= 11 is 0. The van der Waals surface area contributed by atoms with Crippen LogP contribution in [0, 0.1) is 11.8 Å². The van der Waals surface area contributed by atoms with Gasteiger partial charge in [-0.3, -0.25) is 4.79 Å². The van der Waals surface area contributed by atoms with Crippen molar-refractivity contribution in [2.45, 2.75) is 208 Å². The van der Waals surface area contributed by atoms with Gasteiger partial charge in [0.15, 0.2) is 33.3 Å². The molecule has 0 fully saturated rings. The first-order chi connectivity index (χ1) is 22.2. The monoisotopic (exact) mass is 769 g/mol. The normalized spacial score (nSPS) is 18.5. The van der Waals surface area contributed by atoms with Crippen molar-refractivity contribution in [2.75, 3.05) is 0 Å². The molecule has 0 N–H and O–H groups in total. The zero-order valence-electron chi connectivity index (χ0n) is 37.1. The highest BCUT2D eigenvalue weighted by atomic mass is 28.4. The predicted octanol–water partition coefficient (Wildman–Crippen LogP) is 13.1. The van der Waals surface area contributed by atoms with Crippen LogP contribution in [-0.4, -0.2) is 63.5 Å². The van der Waals surface area contributed by atoms with Gasteiger partial charge in [0.1, 0.15) is 5.78 Å². The maximum Gasteiger partial charge on any atom is 0.192 e. The van der Waals surface area contributed by atoms with Gasteiger partial charge in [0.05, 0.1) is 18.3 Å². The van der Waals surface area contributed by atoms with Crippen molar-refractivity contribution in [1.82, 2.24) is 0 Å². The van der Waals surface area contributed by atoms with E-state index in [0.29, 0.717) is 12.8 Å². The third-order valence-electron chi connectivity index (χ3n) is 11.4. The largest absolute Gasteiger partial charge is 0.414 e. The second-order valence-electron chi connectivity index (χ2n) is 20.4. The van der Waals surface area contributed by atoms with Crippen LogP contribution < -0.4 is 0 Å². The van der Waals surface area contributed by atoms with Crippen LogP contribution >= 0.6 is 0 Å². The van der Waals surface area contributed by atoms with Gasteiger partial charge in [-0.25, -0.2) is 0 Å². The highest BCUT2D eigenvalue weighted by molar-refractivity contribution is 6.75. The van der Waals surface area contributed by atoms with Gasteiger partial charge in [-0.1, -0.05) is 120 Å². The van der Waals surface area contributed by atoms with E-state index < -0.39 is 33.3 Å². The molecule has 0 spiro atoms. The minimum atomic E-state index is -2.07. The summed E-state index contributed by atoms with van der Waals surface area (Å²) in [5.41, 5.74) is 0. The van der Waals surface area contributed by atoms with Gasteiger partial charge in [-0.2, -0.15) is 0 Å². The number of carbonyl (C=O) groups excluding carboxylic acids is 1. The Hall–Kier alpha value is -0.402. The maximum atomic E-state index is 12.4. The van der Waals surface area contributed by atoms with E-state index in [4.69, 9.17) is 17.7 Å². The number of hydrogen-bond acceptors (Lipinski definition) is 5. The van der Waals surface area contributed by atoms with Crippen molar-refractivity contribution < 1.29 is 22.5 Å². The molecule has 0 saturated heterocycles. The first-order valence-electron chi connectivity index (χ1n) is 19.4. The minimum Gasteiger partial charge on any atom is -0.414 e. The Bertz CT molecular complexity index is 1110. The van der Waals surface area contributed by atoms with Crippen LogP contribution in [0.3, 0.4) is 0 Å². The summed E-state index contributed by atoms with van der Waals surface area (Å²) in [6, 6.07) is 0. The Labute approximate surface area is 316 Å². The van der Waals surface area contributed by atoms with Gasteiger partial charge in [-0.05, 0) is 93.3 Å². The molecular formula is C41H84O5Si4. The van der Waals surface area contributed by atoms with Gasteiger partial charge in [0.2, 0.25) is 0 Å². The molecule has 50 heavy (non-hydrogen) atoms. The van der Waals surface area contributed by atoms with Crippen molar-refractivity contribution >= 4 is 39.1 Å². The van der Waals surface area contributed by atoms with E-state index in [-0.39, 0.29) is 57.1 Å². The first kappa shape index (κ1) is 49.6. The molecule has 0 aromatic heterocycles. The minimum absolute atomic E-state index is 0.0131. The van der Waals surface area contributed by atoms with Crippen LogP contribution in [-0.2, 0) is 22.5 Å². The summed E-state index contributed by atoms with van der Waals surface area (Å²) in [4.78, 5) is 12.4. The molecule has 0 saturated carbocycles. The molecule has 0 aliphatic heterocycles. The molecule has 0 rings (SSSR count). The maximum absolute atomic E-state index is 12.4. The quantitative estimate of drug-likeness (QED) is 0.0912. The molecule has 0 unspecified atom stereocenters. The highest BCUT2D eigenvalue weighted by Crippen LogP contribution is 2.42. The lowest BCUT2D eigenvalue weighted by molar-refractivity contribution is -0.119. The Morgan fingerprint density at radius 2 is 1.02 bits per heavy atom. The van der Waals surface area contributed by atoms with Crippen LogP contribution in [0.25, 0.3) is 0 Å². The van der Waals surface area contributed by atoms with E-state index >= 15 is 0 Å². The van der Waals surface area contributed by atoms with E-state index in [1.807, 2.05) is 19.1 Å². The van der Waals surface area contributed by atoms with Crippen molar-refractivity contribution in [3.05, 3.63) is 36.5 Å². The Morgan fingerprint density at radius 3 is 1.44 bits per heavy atom. The van der Waals surface area contributed by atoms with E-state index in [0.717, 1.165) is 6.42 Å². The first-order valence-corrected chi connectivity index (χ1v) is 31.6. The molecule has 5 nitrogen and oxygen atoms in total. The topological polar surface area (TPSA) is 54.0 Å². The van der Waals surface area contributed by atoms with Crippen molar-refractivity contribution in [3.63, 3.8) is 0 Å². The van der Waals surface area contributed by atoms with Crippen LogP contribution in [0.4, 0.5) is 0 Å². The fraction of sp³-hybridized carbons (Fsp3) is 0.829. The Kier molecular flexibility index (Phi) is 19.1. The molecule has 0 heterocycles. The smallest absolute Gasteiger partial charge is 0.192 e.